The zero-order valence-electron chi connectivity index (χ0n) is 15.9. The molecule has 2 rings (SSSR count). The number of hydrogen-bond donors (Lipinski definition) is 0. The van der Waals surface area contributed by atoms with Crippen molar-refractivity contribution in [3.8, 4) is 5.75 Å². The smallest absolute Gasteiger partial charge is 0.123 e. The van der Waals surface area contributed by atoms with Crippen molar-refractivity contribution in [1.82, 2.24) is 4.90 Å². The van der Waals surface area contributed by atoms with Crippen LogP contribution in [0.2, 0.25) is 5.02 Å². The quantitative estimate of drug-likeness (QED) is 0.577. The molecule has 25 heavy (non-hydrogen) atoms. The lowest BCUT2D eigenvalue weighted by atomic mass is 9.86. The van der Waals surface area contributed by atoms with E-state index in [0.717, 1.165) is 60.3 Å². The first-order chi connectivity index (χ1) is 11.7. The van der Waals surface area contributed by atoms with Gasteiger partial charge in [-0.3, -0.25) is 0 Å². The van der Waals surface area contributed by atoms with Crippen LogP contribution >= 0.6 is 11.6 Å². The first kappa shape index (κ1) is 19.7. The van der Waals surface area contributed by atoms with E-state index < -0.39 is 0 Å². The van der Waals surface area contributed by atoms with E-state index in [1.54, 1.807) is 7.11 Å². The lowest BCUT2D eigenvalue weighted by Gasteiger charge is -2.42. The number of hydrogen-bond acceptors (Lipinski definition) is 3. The van der Waals surface area contributed by atoms with Crippen LogP contribution in [-0.4, -0.2) is 31.7 Å². The Balaban J connectivity index is 1.81. The fraction of sp³-hybridized carbons (Fsp3) is 0.524. The summed E-state index contributed by atoms with van der Waals surface area (Å²) in [5.74, 6) is 2.27. The number of likely N-dealkylation sites (tertiary alicyclic amines) is 1. The van der Waals surface area contributed by atoms with Crippen LogP contribution in [0.15, 0.2) is 42.8 Å². The van der Waals surface area contributed by atoms with Gasteiger partial charge in [-0.15, -0.1) is 0 Å². The number of halogens is 1. The Morgan fingerprint density at radius 2 is 1.92 bits per heavy atom. The van der Waals surface area contributed by atoms with Crippen molar-refractivity contribution in [2.45, 2.75) is 39.0 Å². The molecule has 0 bridgehead atoms. The Morgan fingerprint density at radius 3 is 2.52 bits per heavy atom. The molecule has 1 saturated heterocycles. The van der Waals surface area contributed by atoms with E-state index in [1.807, 2.05) is 18.2 Å². The molecule has 1 aromatic rings. The van der Waals surface area contributed by atoms with Gasteiger partial charge in [-0.2, -0.15) is 0 Å². The second kappa shape index (κ2) is 8.18. The maximum absolute atomic E-state index is 6.15. The predicted octanol–water partition coefficient (Wildman–Crippen LogP) is 5.40. The summed E-state index contributed by atoms with van der Waals surface area (Å²) in [6.07, 6.45) is 1.72. The van der Waals surface area contributed by atoms with E-state index in [1.165, 1.54) is 0 Å². The molecule has 3 nitrogen and oxygen atoms in total. The molecule has 0 radical (unpaired) electrons. The highest BCUT2D eigenvalue weighted by Crippen LogP contribution is 2.34. The summed E-state index contributed by atoms with van der Waals surface area (Å²) in [6.45, 7) is 17.3. The maximum Gasteiger partial charge on any atom is 0.123 e. The third-order valence-corrected chi connectivity index (χ3v) is 4.84. The van der Waals surface area contributed by atoms with Crippen molar-refractivity contribution in [1.29, 1.82) is 0 Å². The number of allylic oxidation sites excluding steroid dienone is 2. The van der Waals surface area contributed by atoms with Crippen LogP contribution in [0.25, 0.3) is 0 Å². The van der Waals surface area contributed by atoms with Crippen LogP contribution in [0, 0.1) is 5.92 Å². The molecule has 4 heteroatoms. The van der Waals surface area contributed by atoms with Gasteiger partial charge >= 0.3 is 0 Å². The summed E-state index contributed by atoms with van der Waals surface area (Å²) in [7, 11) is 1.66. The minimum Gasteiger partial charge on any atom is -0.502 e. The fourth-order valence-corrected chi connectivity index (χ4v) is 3.07. The van der Waals surface area contributed by atoms with Gasteiger partial charge in [0.15, 0.2) is 0 Å². The molecule has 0 N–H and O–H groups in total. The number of nitrogens with zero attached hydrogens (tertiary/aromatic N) is 1. The van der Waals surface area contributed by atoms with Crippen LogP contribution in [-0.2, 0) is 10.2 Å². The highest BCUT2D eigenvalue weighted by Gasteiger charge is 2.28. The van der Waals surface area contributed by atoms with E-state index in [-0.39, 0.29) is 5.41 Å². The van der Waals surface area contributed by atoms with Gasteiger partial charge in [-0.1, -0.05) is 45.5 Å². The second-order valence-electron chi connectivity index (χ2n) is 7.78. The van der Waals surface area contributed by atoms with Crippen molar-refractivity contribution < 1.29 is 9.47 Å². The Labute approximate surface area is 157 Å². The molecular weight excluding hydrogens is 334 g/mol. The first-order valence-electron chi connectivity index (χ1n) is 8.78. The van der Waals surface area contributed by atoms with E-state index >= 15 is 0 Å². The molecule has 0 amide bonds. The Hall–Kier alpha value is -1.61. The minimum absolute atomic E-state index is 0.00388. The topological polar surface area (TPSA) is 21.7 Å². The molecule has 1 aliphatic heterocycles. The summed E-state index contributed by atoms with van der Waals surface area (Å²) < 4.78 is 11.2. The minimum atomic E-state index is 0.00388. The molecule has 0 saturated carbocycles. The number of benzene rings is 1. The molecule has 1 aliphatic rings. The first-order valence-corrected chi connectivity index (χ1v) is 9.16. The summed E-state index contributed by atoms with van der Waals surface area (Å²) in [6, 6.07) is 5.88. The highest BCUT2D eigenvalue weighted by atomic mass is 35.5. The van der Waals surface area contributed by atoms with Crippen molar-refractivity contribution in [2.75, 3.05) is 26.8 Å². The average molecular weight is 364 g/mol. The van der Waals surface area contributed by atoms with E-state index in [4.69, 9.17) is 21.1 Å². The van der Waals surface area contributed by atoms with Crippen LogP contribution in [0.4, 0.5) is 0 Å². The number of ether oxygens (including phenoxy) is 2. The molecule has 0 aromatic heterocycles. The highest BCUT2D eigenvalue weighted by molar-refractivity contribution is 6.30. The second-order valence-corrected chi connectivity index (χ2v) is 8.22. The Morgan fingerprint density at radius 1 is 1.24 bits per heavy atom. The zero-order chi connectivity index (χ0) is 18.6. The molecule has 138 valence electrons. The molecule has 1 heterocycles. The van der Waals surface area contributed by atoms with Gasteiger partial charge in [0.2, 0.25) is 0 Å². The van der Waals surface area contributed by atoms with Crippen molar-refractivity contribution in [3.05, 3.63) is 53.4 Å². The molecule has 1 fully saturated rings. The van der Waals surface area contributed by atoms with Crippen molar-refractivity contribution in [2.24, 2.45) is 5.92 Å². The SMILES string of the molecule is C=C(CCC(=C)N1CC(COc2ccc(Cl)cc2C(C)(C)C)C1)OC. The van der Waals surface area contributed by atoms with E-state index in [9.17, 15) is 0 Å². The summed E-state index contributed by atoms with van der Waals surface area (Å²) in [5.41, 5.74) is 2.30. The lowest BCUT2D eigenvalue weighted by Crippen LogP contribution is -2.48. The molecule has 0 spiro atoms. The van der Waals surface area contributed by atoms with Crippen LogP contribution in [0.3, 0.4) is 0 Å². The van der Waals surface area contributed by atoms with Gasteiger partial charge in [0, 0.05) is 41.7 Å². The molecule has 0 unspecified atom stereocenters. The van der Waals surface area contributed by atoms with Gasteiger partial charge < -0.3 is 14.4 Å². The van der Waals surface area contributed by atoms with Crippen LogP contribution in [0.5, 0.6) is 5.75 Å². The monoisotopic (exact) mass is 363 g/mol. The van der Waals surface area contributed by atoms with Gasteiger partial charge in [-0.05, 0) is 30.0 Å². The zero-order valence-corrected chi connectivity index (χ0v) is 16.7. The molecular formula is C21H30ClNO2. The third-order valence-electron chi connectivity index (χ3n) is 4.61. The largest absolute Gasteiger partial charge is 0.502 e. The fourth-order valence-electron chi connectivity index (χ4n) is 2.90. The van der Waals surface area contributed by atoms with E-state index in [0.29, 0.717) is 5.92 Å². The Bertz CT molecular complexity index is 627. The number of methoxy groups -OCH3 is 1. The van der Waals surface area contributed by atoms with Crippen molar-refractivity contribution >= 4 is 11.6 Å². The van der Waals surface area contributed by atoms with E-state index in [2.05, 4.69) is 38.8 Å². The van der Waals surface area contributed by atoms with Gasteiger partial charge in [0.1, 0.15) is 5.75 Å². The molecule has 0 atom stereocenters. The number of rotatable bonds is 8. The van der Waals surface area contributed by atoms with Crippen LogP contribution < -0.4 is 4.74 Å². The average Bonchev–Trinajstić information content (AvgIpc) is 2.51. The van der Waals surface area contributed by atoms with Gasteiger partial charge in [-0.25, -0.2) is 0 Å². The van der Waals surface area contributed by atoms with Gasteiger partial charge in [0.25, 0.3) is 0 Å². The standard InChI is InChI=1S/C21H30ClNO2/c1-15(7-8-16(2)24-6)23-12-17(13-23)14-25-20-10-9-18(22)11-19(20)21(3,4)5/h9-11,17H,1-2,7-8,12-14H2,3-6H3. The maximum atomic E-state index is 6.15. The van der Waals surface area contributed by atoms with Gasteiger partial charge in [0.05, 0.1) is 19.5 Å². The predicted molar refractivity (Wildman–Crippen MR) is 105 cm³/mol. The van der Waals surface area contributed by atoms with Crippen LogP contribution in [0.1, 0.15) is 39.2 Å². The third kappa shape index (κ3) is 5.43. The normalized spacial score (nSPS) is 14.8. The lowest BCUT2D eigenvalue weighted by molar-refractivity contribution is 0.0878. The molecule has 1 aromatic carbocycles. The summed E-state index contributed by atoms with van der Waals surface area (Å²) in [5, 5.41) is 0.751. The van der Waals surface area contributed by atoms with Crippen molar-refractivity contribution in [3.63, 3.8) is 0 Å². The summed E-state index contributed by atoms with van der Waals surface area (Å²) >= 11 is 6.15. The Kier molecular flexibility index (Phi) is 6.45. The summed E-state index contributed by atoms with van der Waals surface area (Å²) in [4.78, 5) is 2.31. The molecule has 0 aliphatic carbocycles.